The molecule has 0 bridgehead atoms. The molecule has 0 aliphatic carbocycles. The number of hydrogen-bond acceptors (Lipinski definition) is 5. The summed E-state index contributed by atoms with van der Waals surface area (Å²) in [7, 11) is 0. The fourth-order valence-corrected chi connectivity index (χ4v) is 1.13. The Kier molecular flexibility index (Phi) is 5.66. The summed E-state index contributed by atoms with van der Waals surface area (Å²) in [6.45, 7) is 1.06. The van der Waals surface area contributed by atoms with Crippen molar-refractivity contribution >= 4 is 11.8 Å². The normalized spacial score (nSPS) is 9.94. The summed E-state index contributed by atoms with van der Waals surface area (Å²) >= 11 is 0. The first-order valence-electron chi connectivity index (χ1n) is 5.30. The smallest absolute Gasteiger partial charge is 0.239 e. The Morgan fingerprint density at radius 2 is 2.12 bits per heavy atom. The van der Waals surface area contributed by atoms with Gasteiger partial charge in [-0.2, -0.15) is 0 Å². The summed E-state index contributed by atoms with van der Waals surface area (Å²) < 4.78 is 1.68. The molecule has 8 nitrogen and oxygen atoms in total. The quantitative estimate of drug-likeness (QED) is 0.470. The Morgan fingerprint density at radius 1 is 1.29 bits per heavy atom. The van der Waals surface area contributed by atoms with E-state index in [0.29, 0.717) is 13.1 Å². The first kappa shape index (κ1) is 13.1. The highest BCUT2D eigenvalue weighted by atomic mass is 16.2. The van der Waals surface area contributed by atoms with Crippen LogP contribution in [0.5, 0.6) is 0 Å². The van der Waals surface area contributed by atoms with Gasteiger partial charge in [0.2, 0.25) is 11.8 Å². The van der Waals surface area contributed by atoms with Crippen molar-refractivity contribution in [1.82, 2.24) is 25.6 Å². The van der Waals surface area contributed by atoms with Crippen LogP contribution in [0.25, 0.3) is 0 Å². The molecule has 2 amide bonds. The van der Waals surface area contributed by atoms with Gasteiger partial charge >= 0.3 is 0 Å². The zero-order chi connectivity index (χ0) is 12.5. The van der Waals surface area contributed by atoms with Gasteiger partial charge in [-0.05, 0) is 6.42 Å². The van der Waals surface area contributed by atoms with E-state index < -0.39 is 0 Å². The largest absolute Gasteiger partial charge is 0.355 e. The van der Waals surface area contributed by atoms with Gasteiger partial charge in [0.05, 0.1) is 19.3 Å². The SMILES string of the molecule is NCC(=O)NCC(=O)NCCCn1ccnn1. The highest BCUT2D eigenvalue weighted by Gasteiger charge is 2.02. The molecule has 94 valence electrons. The van der Waals surface area contributed by atoms with E-state index in [1.165, 1.54) is 0 Å². The number of aryl methyl sites for hydroxylation is 1. The number of amides is 2. The predicted octanol–water partition coefficient (Wildman–Crippen LogP) is -2.14. The number of nitrogens with zero attached hydrogens (tertiary/aromatic N) is 3. The zero-order valence-electron chi connectivity index (χ0n) is 9.43. The summed E-state index contributed by atoms with van der Waals surface area (Å²) in [6, 6.07) is 0. The Bertz CT molecular complexity index is 350. The molecular weight excluding hydrogens is 224 g/mol. The van der Waals surface area contributed by atoms with E-state index in [9.17, 15) is 9.59 Å². The molecule has 0 spiro atoms. The van der Waals surface area contributed by atoms with Gasteiger partial charge in [0.15, 0.2) is 0 Å². The minimum atomic E-state index is -0.345. The predicted molar refractivity (Wildman–Crippen MR) is 59.7 cm³/mol. The van der Waals surface area contributed by atoms with Gasteiger partial charge in [-0.3, -0.25) is 14.3 Å². The van der Waals surface area contributed by atoms with Gasteiger partial charge in [-0.25, -0.2) is 0 Å². The van der Waals surface area contributed by atoms with Crippen LogP contribution in [0.4, 0.5) is 0 Å². The van der Waals surface area contributed by atoms with Crippen LogP contribution in [-0.4, -0.2) is 46.4 Å². The van der Waals surface area contributed by atoms with Crippen molar-refractivity contribution in [3.8, 4) is 0 Å². The Morgan fingerprint density at radius 3 is 2.76 bits per heavy atom. The highest BCUT2D eigenvalue weighted by molar-refractivity contribution is 5.85. The van der Waals surface area contributed by atoms with Gasteiger partial charge in [0.1, 0.15) is 0 Å². The fourth-order valence-electron chi connectivity index (χ4n) is 1.13. The molecular formula is C9H16N6O2. The van der Waals surface area contributed by atoms with Crippen molar-refractivity contribution < 1.29 is 9.59 Å². The number of carbonyl (C=O) groups excluding carboxylic acids is 2. The average molecular weight is 240 g/mol. The van der Waals surface area contributed by atoms with Crippen molar-refractivity contribution in [1.29, 1.82) is 0 Å². The second-order valence-electron chi connectivity index (χ2n) is 3.35. The highest BCUT2D eigenvalue weighted by Crippen LogP contribution is 1.85. The zero-order valence-corrected chi connectivity index (χ0v) is 9.43. The second kappa shape index (κ2) is 7.34. The van der Waals surface area contributed by atoms with Gasteiger partial charge in [-0.1, -0.05) is 5.21 Å². The third kappa shape index (κ3) is 5.61. The van der Waals surface area contributed by atoms with E-state index in [2.05, 4.69) is 20.9 Å². The van der Waals surface area contributed by atoms with E-state index in [1.54, 1.807) is 17.1 Å². The molecule has 0 unspecified atom stereocenters. The Hall–Kier alpha value is -1.96. The van der Waals surface area contributed by atoms with Gasteiger partial charge in [-0.15, -0.1) is 5.10 Å². The number of carbonyl (C=O) groups is 2. The summed E-state index contributed by atoms with van der Waals surface area (Å²) in [4.78, 5) is 22.0. The van der Waals surface area contributed by atoms with Gasteiger partial charge < -0.3 is 16.4 Å². The van der Waals surface area contributed by atoms with Crippen LogP contribution in [0.1, 0.15) is 6.42 Å². The number of hydrogen-bond donors (Lipinski definition) is 3. The fraction of sp³-hybridized carbons (Fsp3) is 0.556. The summed E-state index contributed by atoms with van der Waals surface area (Å²) in [5.41, 5.74) is 5.07. The van der Waals surface area contributed by atoms with Crippen LogP contribution in [0, 0.1) is 0 Å². The van der Waals surface area contributed by atoms with Crippen molar-refractivity contribution in [2.45, 2.75) is 13.0 Å². The van der Waals surface area contributed by atoms with Crippen LogP contribution >= 0.6 is 0 Å². The molecule has 17 heavy (non-hydrogen) atoms. The van der Waals surface area contributed by atoms with Crippen LogP contribution < -0.4 is 16.4 Å². The van der Waals surface area contributed by atoms with Crippen LogP contribution in [0.3, 0.4) is 0 Å². The molecule has 0 aromatic carbocycles. The lowest BCUT2D eigenvalue weighted by molar-refractivity contribution is -0.125. The molecule has 0 saturated carbocycles. The van der Waals surface area contributed by atoms with E-state index in [0.717, 1.165) is 6.42 Å². The molecule has 1 aromatic rings. The van der Waals surface area contributed by atoms with Crippen molar-refractivity contribution in [3.63, 3.8) is 0 Å². The minimum Gasteiger partial charge on any atom is -0.355 e. The van der Waals surface area contributed by atoms with Gasteiger partial charge in [0.25, 0.3) is 0 Å². The molecule has 1 rings (SSSR count). The van der Waals surface area contributed by atoms with Crippen molar-refractivity contribution in [3.05, 3.63) is 12.4 Å². The number of nitrogens with two attached hydrogens (primary N) is 1. The van der Waals surface area contributed by atoms with Crippen molar-refractivity contribution in [2.24, 2.45) is 5.73 Å². The maximum atomic E-state index is 11.2. The van der Waals surface area contributed by atoms with Gasteiger partial charge in [0, 0.05) is 19.3 Å². The van der Waals surface area contributed by atoms with Crippen LogP contribution in [0.15, 0.2) is 12.4 Å². The maximum Gasteiger partial charge on any atom is 0.239 e. The second-order valence-corrected chi connectivity index (χ2v) is 3.35. The first-order chi connectivity index (χ1) is 8.22. The third-order valence-corrected chi connectivity index (χ3v) is 1.99. The lowest BCUT2D eigenvalue weighted by Crippen LogP contribution is -2.39. The number of aromatic nitrogens is 3. The van der Waals surface area contributed by atoms with Crippen LogP contribution in [0.2, 0.25) is 0 Å². The molecule has 4 N–H and O–H groups in total. The molecule has 1 aromatic heterocycles. The van der Waals surface area contributed by atoms with E-state index in [-0.39, 0.29) is 24.9 Å². The van der Waals surface area contributed by atoms with E-state index in [4.69, 9.17) is 5.73 Å². The van der Waals surface area contributed by atoms with E-state index in [1.807, 2.05) is 0 Å². The molecule has 0 radical (unpaired) electrons. The molecule has 0 atom stereocenters. The maximum absolute atomic E-state index is 11.2. The minimum absolute atomic E-state index is 0.0423. The standard InChI is InChI=1S/C9H16N6O2/c10-6-8(16)12-7-9(17)11-2-1-4-15-5-3-13-14-15/h3,5H,1-2,4,6-7,10H2,(H,11,17)(H,12,16). The summed E-state index contributed by atoms with van der Waals surface area (Å²) in [5, 5.41) is 12.5. The number of rotatable bonds is 7. The lowest BCUT2D eigenvalue weighted by Gasteiger charge is -2.05. The van der Waals surface area contributed by atoms with E-state index >= 15 is 0 Å². The monoisotopic (exact) mass is 240 g/mol. The Balaban J connectivity index is 2.02. The van der Waals surface area contributed by atoms with Crippen molar-refractivity contribution in [2.75, 3.05) is 19.6 Å². The summed E-state index contributed by atoms with van der Waals surface area (Å²) in [6.07, 6.45) is 4.10. The topological polar surface area (TPSA) is 115 Å². The molecule has 0 saturated heterocycles. The number of nitrogens with one attached hydrogen (secondary N) is 2. The molecule has 1 heterocycles. The molecule has 0 fully saturated rings. The average Bonchev–Trinajstić information content (AvgIpc) is 2.84. The molecule has 0 aliphatic rings. The lowest BCUT2D eigenvalue weighted by atomic mass is 10.4. The molecule has 8 heteroatoms. The van der Waals surface area contributed by atoms with Crippen LogP contribution in [-0.2, 0) is 16.1 Å². The first-order valence-corrected chi connectivity index (χ1v) is 5.30. The Labute approximate surface area is 98.5 Å². The summed E-state index contributed by atoms with van der Waals surface area (Å²) in [5.74, 6) is -0.576. The molecule has 0 aliphatic heterocycles. The third-order valence-electron chi connectivity index (χ3n) is 1.99.